The fraction of sp³-hybridized carbons (Fsp3) is 0.538. The summed E-state index contributed by atoms with van der Waals surface area (Å²) in [5, 5.41) is 25.4. The Labute approximate surface area is 323 Å². The maximum atomic E-state index is 9.77. The molecule has 4 aromatic heterocycles. The van der Waals surface area contributed by atoms with E-state index in [9.17, 15) is 4.79 Å². The lowest BCUT2D eigenvalue weighted by molar-refractivity contribution is 0.110. The van der Waals surface area contributed by atoms with Crippen LogP contribution in [0.3, 0.4) is 0 Å². The third kappa shape index (κ3) is 42.3. The van der Waals surface area contributed by atoms with Gasteiger partial charge in [-0.2, -0.15) is 0 Å². The molecule has 0 aliphatic carbocycles. The third-order valence-corrected chi connectivity index (χ3v) is 5.88. The Kier molecular flexibility index (Phi) is 42.0. The fourth-order valence-corrected chi connectivity index (χ4v) is 3.43. The lowest BCUT2D eigenvalue weighted by atomic mass is 10.2. The number of rotatable bonds is 6. The van der Waals surface area contributed by atoms with Crippen LogP contribution in [0.4, 0.5) is 0 Å². The van der Waals surface area contributed by atoms with Crippen molar-refractivity contribution in [1.82, 2.24) is 0 Å². The van der Waals surface area contributed by atoms with Gasteiger partial charge in [0.15, 0.2) is 12.0 Å². The van der Waals surface area contributed by atoms with E-state index >= 15 is 0 Å². The molecule has 2 fully saturated rings. The molecular formula is C39H95O11-. The first-order chi connectivity index (χ1) is 24.2. The Morgan fingerprint density at radius 2 is 1.34 bits per heavy atom. The van der Waals surface area contributed by atoms with Crippen LogP contribution in [0.25, 0.3) is 0 Å². The van der Waals surface area contributed by atoms with Crippen LogP contribution in [-0.2, 0) is 20.9 Å². The van der Waals surface area contributed by atoms with Crippen LogP contribution in [0, 0.1) is 6.92 Å². The lowest BCUT2D eigenvalue weighted by Gasteiger charge is -1.95. The topological polar surface area (TPSA) is 166 Å². The van der Waals surface area contributed by atoms with Gasteiger partial charge in [-0.15, -0.1) is 0 Å². The zero-order valence-electron chi connectivity index (χ0n) is 31.0. The van der Waals surface area contributed by atoms with E-state index in [1.807, 2.05) is 45.0 Å². The molecule has 0 spiro atoms. The molecule has 2 saturated heterocycles. The van der Waals surface area contributed by atoms with Crippen LogP contribution in [0.1, 0.15) is 131 Å². The first-order valence-corrected chi connectivity index (χ1v) is 17.1. The molecule has 3 unspecified atom stereocenters. The van der Waals surface area contributed by atoms with E-state index in [1.54, 1.807) is 43.1 Å². The number of carbonyl (C=O) groups excluding carboxylic acids is 2. The number of aldehydes is 1. The number of hydrogen-bond acceptors (Lipinski definition) is 11. The monoisotopic (exact) mass is 740 g/mol. The second-order valence-corrected chi connectivity index (χ2v) is 10.8. The molecule has 0 aromatic carbocycles. The Hall–Kier alpha value is -3.74. The van der Waals surface area contributed by atoms with Gasteiger partial charge in [0, 0.05) is 42.6 Å². The van der Waals surface area contributed by atoms with Crippen LogP contribution in [-0.4, -0.2) is 66.5 Å². The van der Waals surface area contributed by atoms with E-state index in [1.165, 1.54) is 38.2 Å². The standard InChI is InChI=1S/C5H6O2.C5H4O2.C5H10O.C5H6O.2C5H12O.C4H8O.C4H4O.CHO.16H2/c2*6-4-5-2-1-3-7-5;2*1-5-3-2-4-6-5;2*1-3-4-5(2)6;2*1-2-4-5-3-1;1-2;;;;;;;;;;;;;;;;/h1-3,6H,4H2;1-4H;5H,2-4H2,1H3;2-4H,1H3;2*5-6H,3-4H2,1-2H3;1-4H2;1-4H;1H;16*1H/q;;;;;;;;-1;;;;;;;;;;;;;;;;. The number of carbonyl (C=O) groups is 1. The summed E-state index contributed by atoms with van der Waals surface area (Å²) in [6.07, 6.45) is 18.0. The molecule has 6 rings (SSSR count). The number of hydrogen-bond donors (Lipinski definition) is 3. The molecule has 0 bridgehead atoms. The Bertz CT molecular complexity index is 1080. The number of ether oxygens (including phenoxy) is 2. The number of aliphatic hydroxyl groups is 3. The Balaban J connectivity index is -0.0000000217. The van der Waals surface area contributed by atoms with Crippen molar-refractivity contribution < 1.29 is 74.9 Å². The maximum Gasteiger partial charge on any atom is 0.185 e. The highest BCUT2D eigenvalue weighted by Gasteiger charge is 2.07. The van der Waals surface area contributed by atoms with E-state index in [0.717, 1.165) is 51.3 Å². The van der Waals surface area contributed by atoms with Gasteiger partial charge in [-0.3, -0.25) is 11.6 Å². The minimum Gasteiger partial charge on any atom is -0.545 e. The fourth-order valence-electron chi connectivity index (χ4n) is 3.43. The third-order valence-electron chi connectivity index (χ3n) is 5.88. The van der Waals surface area contributed by atoms with Gasteiger partial charge in [-0.25, -0.2) is 0 Å². The van der Waals surface area contributed by atoms with Crippen molar-refractivity contribution in [2.75, 3.05) is 19.8 Å². The van der Waals surface area contributed by atoms with Crippen LogP contribution < -0.4 is 0 Å². The normalized spacial score (nSPS) is 14.5. The van der Waals surface area contributed by atoms with E-state index in [2.05, 4.69) is 36.4 Å². The van der Waals surface area contributed by atoms with Crippen molar-refractivity contribution in [2.45, 2.75) is 118 Å². The molecule has 4 aromatic rings. The number of aliphatic hydroxyl groups excluding tert-OH is 3. The van der Waals surface area contributed by atoms with Gasteiger partial charge in [-0.1, -0.05) is 26.7 Å². The van der Waals surface area contributed by atoms with Crippen LogP contribution in [0.5, 0.6) is 0 Å². The van der Waals surface area contributed by atoms with Crippen LogP contribution in [0.15, 0.2) is 97.5 Å². The van der Waals surface area contributed by atoms with Gasteiger partial charge in [0.05, 0.1) is 49.6 Å². The molecule has 0 radical (unpaired) electrons. The van der Waals surface area contributed by atoms with Crippen molar-refractivity contribution in [1.29, 1.82) is 0 Å². The molecule has 50 heavy (non-hydrogen) atoms. The predicted molar refractivity (Wildman–Crippen MR) is 229 cm³/mol. The van der Waals surface area contributed by atoms with Crippen molar-refractivity contribution in [3.63, 3.8) is 0 Å². The molecule has 11 nitrogen and oxygen atoms in total. The second-order valence-electron chi connectivity index (χ2n) is 10.8. The molecule has 0 saturated carbocycles. The van der Waals surface area contributed by atoms with Gasteiger partial charge >= 0.3 is 0 Å². The predicted octanol–water partition coefficient (Wildman–Crippen LogP) is 12.7. The maximum absolute atomic E-state index is 9.77. The van der Waals surface area contributed by atoms with Crippen molar-refractivity contribution in [3.05, 3.63) is 97.1 Å². The highest BCUT2D eigenvalue weighted by atomic mass is 16.5. The number of furan rings is 4. The number of aryl methyl sites for hydroxylation is 1. The summed E-state index contributed by atoms with van der Waals surface area (Å²) in [5.41, 5.74) is 0. The molecule has 6 heterocycles. The average molecular weight is 740 g/mol. The quantitative estimate of drug-likeness (QED) is 0.127. The van der Waals surface area contributed by atoms with E-state index in [-0.39, 0.29) is 41.6 Å². The Morgan fingerprint density at radius 1 is 0.800 bits per heavy atom. The Morgan fingerprint density at radius 3 is 1.50 bits per heavy atom. The first-order valence-electron chi connectivity index (χ1n) is 17.1. The van der Waals surface area contributed by atoms with E-state index in [0.29, 0.717) is 23.9 Å². The summed E-state index contributed by atoms with van der Waals surface area (Å²) in [6, 6.07) is 14.2. The minimum absolute atomic E-state index is 0. The van der Waals surface area contributed by atoms with Crippen molar-refractivity contribution in [2.24, 2.45) is 0 Å². The van der Waals surface area contributed by atoms with Gasteiger partial charge in [-0.05, 0) is 115 Å². The minimum atomic E-state index is -0.102. The summed E-state index contributed by atoms with van der Waals surface area (Å²) >= 11 is 0. The SMILES string of the molecule is C1CCOC1.CC1CCCO1.CCCC(C)O.CCCC(C)O.Cc1ccco1.O=Cc1ccco1.OCc1ccco1.[CH-]=O.[HH].[HH].[HH].[HH].[HH].[HH].[HH].[HH].[HH].[HH].[HH].[HH].[HH].[HH].[HH].[HH].c1ccoc1. The second kappa shape index (κ2) is 41.4. The summed E-state index contributed by atoms with van der Waals surface area (Å²) in [7, 11) is 0. The zero-order valence-corrected chi connectivity index (χ0v) is 31.0. The molecule has 2 aliphatic heterocycles. The lowest BCUT2D eigenvalue weighted by Crippen LogP contribution is -1.95. The summed E-state index contributed by atoms with van der Waals surface area (Å²) in [5.74, 6) is 1.95. The van der Waals surface area contributed by atoms with Gasteiger partial charge in [0.25, 0.3) is 0 Å². The summed E-state index contributed by atoms with van der Waals surface area (Å²) in [6.45, 7) is 18.0. The molecule has 318 valence electrons. The highest BCUT2D eigenvalue weighted by molar-refractivity contribution is 5.69. The van der Waals surface area contributed by atoms with Crippen molar-refractivity contribution in [3.8, 4) is 0 Å². The molecule has 2 aliphatic rings. The summed E-state index contributed by atoms with van der Waals surface area (Å²) < 4.78 is 28.9. The van der Waals surface area contributed by atoms with Gasteiger partial charge < -0.3 is 47.3 Å². The van der Waals surface area contributed by atoms with Gasteiger partial charge in [0.2, 0.25) is 0 Å². The zero-order chi connectivity index (χ0) is 38.1. The molecule has 3 atom stereocenters. The van der Waals surface area contributed by atoms with E-state index in [4.69, 9.17) is 38.4 Å². The highest BCUT2D eigenvalue weighted by Crippen LogP contribution is 2.09. The van der Waals surface area contributed by atoms with Crippen LogP contribution in [0.2, 0.25) is 0 Å². The summed E-state index contributed by atoms with van der Waals surface area (Å²) in [4.78, 5) is 17.5. The molecule has 3 N–H and O–H groups in total. The smallest absolute Gasteiger partial charge is 0.185 e. The van der Waals surface area contributed by atoms with E-state index < -0.39 is 0 Å². The average Bonchev–Trinajstić information content (AvgIpc) is 3.96. The van der Waals surface area contributed by atoms with Crippen molar-refractivity contribution >= 4 is 13.1 Å². The van der Waals surface area contributed by atoms with Crippen LogP contribution >= 0.6 is 0 Å². The first kappa shape index (κ1) is 50.6. The molecular weight excluding hydrogens is 644 g/mol. The molecule has 0 amide bonds. The van der Waals surface area contributed by atoms with Gasteiger partial charge in [0.1, 0.15) is 18.1 Å². The largest absolute Gasteiger partial charge is 0.545 e. The molecule has 11 heteroatoms.